The van der Waals surface area contributed by atoms with Gasteiger partial charge in [-0.1, -0.05) is 31.2 Å². The molecule has 0 fully saturated rings. The number of hydrogen-bond acceptors (Lipinski definition) is 2. The average Bonchev–Trinajstić information content (AvgIpc) is 2.47. The van der Waals surface area contributed by atoms with Gasteiger partial charge in [-0.3, -0.25) is 9.59 Å². The maximum absolute atomic E-state index is 12.3. The second kappa shape index (κ2) is 6.74. The van der Waals surface area contributed by atoms with Crippen molar-refractivity contribution in [2.75, 3.05) is 13.6 Å². The molecule has 0 aliphatic heterocycles. The van der Waals surface area contributed by atoms with E-state index in [0.29, 0.717) is 6.42 Å². The summed E-state index contributed by atoms with van der Waals surface area (Å²) in [5, 5.41) is 8.93. The first kappa shape index (κ1) is 15.5. The number of aliphatic carboxylic acids is 1. The van der Waals surface area contributed by atoms with Crippen molar-refractivity contribution in [1.82, 2.24) is 4.90 Å². The van der Waals surface area contributed by atoms with Crippen LogP contribution in [0, 0.1) is 5.92 Å². The minimum absolute atomic E-state index is 0.0322. The van der Waals surface area contributed by atoms with E-state index in [0.717, 1.165) is 19.3 Å². The van der Waals surface area contributed by atoms with Gasteiger partial charge >= 0.3 is 5.97 Å². The molecule has 0 spiro atoms. The molecular formula is C17H23NO3. The van der Waals surface area contributed by atoms with Crippen LogP contribution in [0.2, 0.25) is 0 Å². The van der Waals surface area contributed by atoms with Gasteiger partial charge in [0.15, 0.2) is 0 Å². The summed E-state index contributed by atoms with van der Waals surface area (Å²) in [5.41, 5.74) is 2.64. The molecule has 1 aromatic carbocycles. The Bertz CT molecular complexity index is 527. The van der Waals surface area contributed by atoms with Crippen LogP contribution < -0.4 is 0 Å². The number of carboxylic acid groups (broad SMARTS) is 1. The van der Waals surface area contributed by atoms with Crippen LogP contribution in [0.25, 0.3) is 0 Å². The summed E-state index contributed by atoms with van der Waals surface area (Å²) in [6.07, 6.45) is 3.71. The van der Waals surface area contributed by atoms with Gasteiger partial charge in [-0.15, -0.1) is 0 Å². The van der Waals surface area contributed by atoms with Crippen molar-refractivity contribution in [2.24, 2.45) is 5.92 Å². The molecule has 0 saturated heterocycles. The highest BCUT2D eigenvalue weighted by Crippen LogP contribution is 2.34. The highest BCUT2D eigenvalue weighted by Gasteiger charge is 2.25. The highest BCUT2D eigenvalue weighted by molar-refractivity contribution is 5.78. The minimum atomic E-state index is -0.863. The summed E-state index contributed by atoms with van der Waals surface area (Å²) in [6.45, 7) is 1.89. The average molecular weight is 289 g/mol. The summed E-state index contributed by atoms with van der Waals surface area (Å²) in [6, 6.07) is 8.33. The van der Waals surface area contributed by atoms with Gasteiger partial charge in [-0.05, 0) is 36.3 Å². The topological polar surface area (TPSA) is 57.6 Å². The number of benzene rings is 1. The number of fused-ring (bicyclic) bond motifs is 1. The molecule has 21 heavy (non-hydrogen) atoms. The number of carbonyl (C=O) groups excluding carboxylic acids is 1. The number of rotatable bonds is 5. The van der Waals surface area contributed by atoms with E-state index in [9.17, 15) is 9.59 Å². The van der Waals surface area contributed by atoms with Crippen LogP contribution in [0.15, 0.2) is 24.3 Å². The zero-order valence-electron chi connectivity index (χ0n) is 12.7. The summed E-state index contributed by atoms with van der Waals surface area (Å²) >= 11 is 0. The number of carbonyl (C=O) groups is 2. The maximum Gasteiger partial charge on any atom is 0.308 e. The minimum Gasteiger partial charge on any atom is -0.481 e. The predicted octanol–water partition coefficient (Wildman–Crippen LogP) is 2.68. The smallest absolute Gasteiger partial charge is 0.308 e. The monoisotopic (exact) mass is 289 g/mol. The van der Waals surface area contributed by atoms with Gasteiger partial charge in [0.25, 0.3) is 0 Å². The largest absolute Gasteiger partial charge is 0.481 e. The van der Waals surface area contributed by atoms with Gasteiger partial charge in [-0.25, -0.2) is 0 Å². The van der Waals surface area contributed by atoms with Crippen LogP contribution in [0.5, 0.6) is 0 Å². The molecule has 4 nitrogen and oxygen atoms in total. The molecule has 0 heterocycles. The van der Waals surface area contributed by atoms with Gasteiger partial charge in [0.05, 0.1) is 5.92 Å². The Balaban J connectivity index is 1.99. The van der Waals surface area contributed by atoms with Crippen molar-refractivity contribution in [3.63, 3.8) is 0 Å². The Labute approximate surface area is 125 Å². The van der Waals surface area contributed by atoms with Crippen LogP contribution in [-0.2, 0) is 16.0 Å². The Morgan fingerprint density at radius 1 is 1.38 bits per heavy atom. The fourth-order valence-electron chi connectivity index (χ4n) is 3.02. The Morgan fingerprint density at radius 3 is 2.81 bits per heavy atom. The molecule has 1 aliphatic rings. The Morgan fingerprint density at radius 2 is 2.10 bits per heavy atom. The van der Waals surface area contributed by atoms with Crippen LogP contribution in [0.3, 0.4) is 0 Å². The fourth-order valence-corrected chi connectivity index (χ4v) is 3.02. The number of aryl methyl sites for hydroxylation is 1. The molecule has 4 heteroatoms. The standard InChI is InChI=1S/C17H23NO3/c1-12(17(20)21)11-18(2)16(19)10-14-8-5-7-13-6-3-4-9-15(13)14/h3-4,6,9,12,14H,5,7-8,10-11H2,1-2H3,(H,20,21). The van der Waals surface area contributed by atoms with Gasteiger partial charge in [0.1, 0.15) is 0 Å². The molecule has 0 radical (unpaired) electrons. The molecule has 2 rings (SSSR count). The zero-order valence-corrected chi connectivity index (χ0v) is 12.7. The molecule has 1 amide bonds. The summed E-state index contributed by atoms with van der Waals surface area (Å²) < 4.78 is 0. The third kappa shape index (κ3) is 3.84. The van der Waals surface area contributed by atoms with Gasteiger partial charge in [0.2, 0.25) is 5.91 Å². The van der Waals surface area contributed by atoms with E-state index in [1.165, 1.54) is 11.1 Å². The summed E-state index contributed by atoms with van der Waals surface area (Å²) in [4.78, 5) is 24.7. The molecule has 1 aromatic rings. The lowest BCUT2D eigenvalue weighted by molar-refractivity contribution is -0.142. The van der Waals surface area contributed by atoms with Crippen LogP contribution in [-0.4, -0.2) is 35.5 Å². The van der Waals surface area contributed by atoms with Crippen molar-refractivity contribution in [2.45, 2.75) is 38.5 Å². The second-order valence-corrected chi connectivity index (χ2v) is 6.01. The van der Waals surface area contributed by atoms with Crippen molar-refractivity contribution in [1.29, 1.82) is 0 Å². The zero-order chi connectivity index (χ0) is 15.4. The predicted molar refractivity (Wildman–Crippen MR) is 81.2 cm³/mol. The number of hydrogen-bond donors (Lipinski definition) is 1. The lowest BCUT2D eigenvalue weighted by atomic mass is 9.81. The second-order valence-electron chi connectivity index (χ2n) is 6.01. The van der Waals surface area contributed by atoms with Crippen LogP contribution in [0.1, 0.15) is 43.2 Å². The molecule has 0 aromatic heterocycles. The van der Waals surface area contributed by atoms with Crippen molar-refractivity contribution in [3.8, 4) is 0 Å². The van der Waals surface area contributed by atoms with E-state index in [-0.39, 0.29) is 18.4 Å². The normalized spacial score (nSPS) is 18.7. The van der Waals surface area contributed by atoms with E-state index in [4.69, 9.17) is 5.11 Å². The SMILES string of the molecule is CC(CN(C)C(=O)CC1CCCc2ccccc21)C(=O)O. The molecule has 0 saturated carbocycles. The van der Waals surface area contributed by atoms with E-state index < -0.39 is 11.9 Å². The molecule has 114 valence electrons. The van der Waals surface area contributed by atoms with Gasteiger partial charge in [0, 0.05) is 20.0 Å². The van der Waals surface area contributed by atoms with Gasteiger partial charge in [-0.2, -0.15) is 0 Å². The Kier molecular flexibility index (Phi) is 4.99. The molecule has 2 atom stereocenters. The van der Waals surface area contributed by atoms with E-state index >= 15 is 0 Å². The number of carboxylic acids is 1. The first-order valence-corrected chi connectivity index (χ1v) is 7.53. The summed E-state index contributed by atoms with van der Waals surface area (Å²) in [7, 11) is 1.69. The molecular weight excluding hydrogens is 266 g/mol. The quantitative estimate of drug-likeness (QED) is 0.906. The lowest BCUT2D eigenvalue weighted by Crippen LogP contribution is -2.34. The fraction of sp³-hybridized carbons (Fsp3) is 0.529. The first-order chi connectivity index (χ1) is 9.99. The molecule has 1 N–H and O–H groups in total. The van der Waals surface area contributed by atoms with E-state index in [2.05, 4.69) is 12.1 Å². The van der Waals surface area contributed by atoms with Crippen molar-refractivity contribution >= 4 is 11.9 Å². The van der Waals surface area contributed by atoms with Gasteiger partial charge < -0.3 is 10.0 Å². The summed E-state index contributed by atoms with van der Waals surface area (Å²) in [5.74, 6) is -1.09. The molecule has 2 unspecified atom stereocenters. The highest BCUT2D eigenvalue weighted by atomic mass is 16.4. The van der Waals surface area contributed by atoms with Crippen molar-refractivity contribution in [3.05, 3.63) is 35.4 Å². The van der Waals surface area contributed by atoms with Crippen molar-refractivity contribution < 1.29 is 14.7 Å². The maximum atomic E-state index is 12.3. The first-order valence-electron chi connectivity index (χ1n) is 7.53. The molecule has 0 bridgehead atoms. The Hall–Kier alpha value is -1.84. The van der Waals surface area contributed by atoms with Crippen LogP contribution >= 0.6 is 0 Å². The van der Waals surface area contributed by atoms with E-state index in [1.54, 1.807) is 18.9 Å². The van der Waals surface area contributed by atoms with E-state index in [1.807, 2.05) is 12.1 Å². The third-order valence-electron chi connectivity index (χ3n) is 4.31. The number of amides is 1. The third-order valence-corrected chi connectivity index (χ3v) is 4.31. The lowest BCUT2D eigenvalue weighted by Gasteiger charge is -2.27. The molecule has 1 aliphatic carbocycles. The van der Waals surface area contributed by atoms with Crippen LogP contribution in [0.4, 0.5) is 0 Å². The number of nitrogens with zero attached hydrogens (tertiary/aromatic N) is 1.